The third kappa shape index (κ3) is 3.22. The lowest BCUT2D eigenvalue weighted by Crippen LogP contribution is -2.43. The van der Waals surface area contributed by atoms with Crippen molar-refractivity contribution in [2.24, 2.45) is 0 Å². The highest BCUT2D eigenvalue weighted by molar-refractivity contribution is 6.33. The maximum atomic E-state index is 6.46. The van der Waals surface area contributed by atoms with E-state index in [1.807, 2.05) is 30.5 Å². The van der Waals surface area contributed by atoms with Gasteiger partial charge in [-0.25, -0.2) is 9.50 Å². The molecule has 5 nitrogen and oxygen atoms in total. The molecule has 3 aromatic rings. The molecule has 0 aliphatic carbocycles. The van der Waals surface area contributed by atoms with E-state index in [0.717, 1.165) is 31.0 Å². The van der Waals surface area contributed by atoms with Crippen molar-refractivity contribution in [3.05, 3.63) is 58.9 Å². The fourth-order valence-electron chi connectivity index (χ4n) is 3.29. The van der Waals surface area contributed by atoms with Gasteiger partial charge in [-0.2, -0.15) is 0 Å². The Morgan fingerprint density at radius 1 is 1.24 bits per heavy atom. The highest BCUT2D eigenvalue weighted by atomic mass is 35.5. The number of halogens is 1. The van der Waals surface area contributed by atoms with Crippen molar-refractivity contribution in [2.45, 2.75) is 32.5 Å². The zero-order valence-electron chi connectivity index (χ0n) is 14.4. The number of anilines is 1. The first-order valence-corrected chi connectivity index (χ1v) is 9.02. The second-order valence-corrected chi connectivity index (χ2v) is 6.86. The summed E-state index contributed by atoms with van der Waals surface area (Å²) in [6.07, 6.45) is 2.95. The van der Waals surface area contributed by atoms with Gasteiger partial charge in [-0.15, -0.1) is 5.10 Å². The Labute approximate surface area is 152 Å². The number of ether oxygens (including phenoxy) is 1. The Hall–Kier alpha value is -2.11. The molecule has 0 bridgehead atoms. The predicted molar refractivity (Wildman–Crippen MR) is 99.3 cm³/mol. The van der Waals surface area contributed by atoms with Crippen molar-refractivity contribution in [3.63, 3.8) is 0 Å². The summed E-state index contributed by atoms with van der Waals surface area (Å²) in [5.41, 5.74) is 2.88. The molecule has 1 aliphatic heterocycles. The van der Waals surface area contributed by atoms with Crippen molar-refractivity contribution in [2.75, 3.05) is 18.0 Å². The zero-order chi connectivity index (χ0) is 17.4. The van der Waals surface area contributed by atoms with Crippen LogP contribution in [0, 0.1) is 0 Å². The normalized spacial score (nSPS) is 21.0. The summed E-state index contributed by atoms with van der Waals surface area (Å²) in [5, 5.41) is 5.36. The SMILES string of the molecule is CCc1cn2nc(N3C[C@@H](C)O[C@@H](c4ccccc4)C3)cc(Cl)c2n1. The van der Waals surface area contributed by atoms with Crippen LogP contribution in [0.4, 0.5) is 5.82 Å². The number of rotatable bonds is 3. The summed E-state index contributed by atoms with van der Waals surface area (Å²) in [5.74, 6) is 0.855. The van der Waals surface area contributed by atoms with Gasteiger partial charge in [0.05, 0.1) is 23.0 Å². The van der Waals surface area contributed by atoms with E-state index >= 15 is 0 Å². The van der Waals surface area contributed by atoms with Crippen LogP contribution in [-0.4, -0.2) is 33.8 Å². The van der Waals surface area contributed by atoms with E-state index in [-0.39, 0.29) is 12.2 Å². The van der Waals surface area contributed by atoms with Crippen LogP contribution >= 0.6 is 11.6 Å². The summed E-state index contributed by atoms with van der Waals surface area (Å²) in [6, 6.07) is 12.2. The molecule has 6 heteroatoms. The fourth-order valence-corrected chi connectivity index (χ4v) is 3.52. The molecule has 1 fully saturated rings. The molecule has 0 unspecified atom stereocenters. The van der Waals surface area contributed by atoms with Crippen LogP contribution in [0.15, 0.2) is 42.6 Å². The van der Waals surface area contributed by atoms with Crippen molar-refractivity contribution in [3.8, 4) is 0 Å². The zero-order valence-corrected chi connectivity index (χ0v) is 15.1. The monoisotopic (exact) mass is 356 g/mol. The molecule has 0 spiro atoms. The van der Waals surface area contributed by atoms with Crippen LogP contribution in [0.3, 0.4) is 0 Å². The first-order valence-electron chi connectivity index (χ1n) is 8.64. The van der Waals surface area contributed by atoms with Crippen molar-refractivity contribution >= 4 is 23.1 Å². The largest absolute Gasteiger partial charge is 0.367 e. The minimum Gasteiger partial charge on any atom is -0.367 e. The van der Waals surface area contributed by atoms with E-state index in [1.165, 1.54) is 5.56 Å². The van der Waals surface area contributed by atoms with Gasteiger partial charge in [0.25, 0.3) is 0 Å². The van der Waals surface area contributed by atoms with Crippen LogP contribution in [0.25, 0.3) is 5.65 Å². The molecule has 1 saturated heterocycles. The predicted octanol–water partition coefficient (Wildman–Crippen LogP) is 3.91. The molecule has 0 saturated carbocycles. The van der Waals surface area contributed by atoms with Gasteiger partial charge < -0.3 is 9.64 Å². The molecule has 1 aliphatic rings. The average Bonchev–Trinajstić information content (AvgIpc) is 3.06. The van der Waals surface area contributed by atoms with Crippen molar-refractivity contribution in [1.29, 1.82) is 0 Å². The molecule has 2 aromatic heterocycles. The minimum atomic E-state index is 0.0233. The average molecular weight is 357 g/mol. The molecule has 3 heterocycles. The number of fused-ring (bicyclic) bond motifs is 1. The molecule has 0 radical (unpaired) electrons. The smallest absolute Gasteiger partial charge is 0.172 e. The molecule has 0 N–H and O–H groups in total. The van der Waals surface area contributed by atoms with Gasteiger partial charge in [-0.3, -0.25) is 0 Å². The summed E-state index contributed by atoms with van der Waals surface area (Å²) in [6.45, 7) is 5.70. The number of morpholine rings is 1. The van der Waals surface area contributed by atoms with Crippen LogP contribution in [-0.2, 0) is 11.2 Å². The van der Waals surface area contributed by atoms with E-state index in [2.05, 4.69) is 35.9 Å². The maximum Gasteiger partial charge on any atom is 0.172 e. The van der Waals surface area contributed by atoms with E-state index in [4.69, 9.17) is 21.4 Å². The standard InChI is InChI=1S/C19H21ClN4O/c1-3-15-11-24-19(21-15)16(20)9-18(22-24)23-10-13(2)25-17(12-23)14-7-5-4-6-8-14/h4-9,11,13,17H,3,10,12H2,1-2H3/t13-,17-/m1/s1. The molecule has 25 heavy (non-hydrogen) atoms. The lowest BCUT2D eigenvalue weighted by atomic mass is 10.1. The first-order chi connectivity index (χ1) is 12.1. The van der Waals surface area contributed by atoms with Crippen LogP contribution < -0.4 is 4.90 Å². The maximum absolute atomic E-state index is 6.46. The van der Waals surface area contributed by atoms with Crippen LogP contribution in [0.1, 0.15) is 31.2 Å². The number of aromatic nitrogens is 3. The van der Waals surface area contributed by atoms with Gasteiger partial charge in [0, 0.05) is 19.2 Å². The Kier molecular flexibility index (Phi) is 4.36. The molecule has 2 atom stereocenters. The molecule has 4 rings (SSSR count). The van der Waals surface area contributed by atoms with Crippen LogP contribution in [0.5, 0.6) is 0 Å². The molecule has 0 amide bonds. The van der Waals surface area contributed by atoms with Gasteiger partial charge in [0.15, 0.2) is 11.5 Å². The Balaban J connectivity index is 1.67. The molecular formula is C19H21ClN4O. The lowest BCUT2D eigenvalue weighted by molar-refractivity contribution is -0.0176. The topological polar surface area (TPSA) is 42.7 Å². The Morgan fingerprint density at radius 3 is 2.80 bits per heavy atom. The summed E-state index contributed by atoms with van der Waals surface area (Å²) in [7, 11) is 0. The van der Waals surface area contributed by atoms with E-state index in [0.29, 0.717) is 10.7 Å². The van der Waals surface area contributed by atoms with Gasteiger partial charge >= 0.3 is 0 Å². The van der Waals surface area contributed by atoms with Gasteiger partial charge in [-0.05, 0) is 18.9 Å². The summed E-state index contributed by atoms with van der Waals surface area (Å²) < 4.78 is 7.93. The van der Waals surface area contributed by atoms with Crippen molar-refractivity contribution < 1.29 is 4.74 Å². The van der Waals surface area contributed by atoms with Crippen LogP contribution in [0.2, 0.25) is 5.02 Å². The number of hydrogen-bond donors (Lipinski definition) is 0. The number of imidazole rings is 1. The summed E-state index contributed by atoms with van der Waals surface area (Å²) in [4.78, 5) is 6.76. The highest BCUT2D eigenvalue weighted by Crippen LogP contribution is 2.29. The summed E-state index contributed by atoms with van der Waals surface area (Å²) >= 11 is 6.46. The Morgan fingerprint density at radius 2 is 2.04 bits per heavy atom. The minimum absolute atomic E-state index is 0.0233. The lowest BCUT2D eigenvalue weighted by Gasteiger charge is -2.37. The second kappa shape index (κ2) is 6.65. The molecule has 1 aromatic carbocycles. The number of hydrogen-bond acceptors (Lipinski definition) is 4. The molecule has 130 valence electrons. The number of benzene rings is 1. The highest BCUT2D eigenvalue weighted by Gasteiger charge is 2.28. The van der Waals surface area contributed by atoms with E-state index in [9.17, 15) is 0 Å². The van der Waals surface area contributed by atoms with Gasteiger partial charge in [0.2, 0.25) is 0 Å². The van der Waals surface area contributed by atoms with E-state index < -0.39 is 0 Å². The number of aryl methyl sites for hydroxylation is 1. The molecular weight excluding hydrogens is 336 g/mol. The second-order valence-electron chi connectivity index (χ2n) is 6.46. The number of nitrogens with zero attached hydrogens (tertiary/aromatic N) is 4. The quantitative estimate of drug-likeness (QED) is 0.713. The first kappa shape index (κ1) is 16.4. The van der Waals surface area contributed by atoms with E-state index in [1.54, 1.807) is 4.52 Å². The van der Waals surface area contributed by atoms with Crippen molar-refractivity contribution in [1.82, 2.24) is 14.6 Å². The Bertz CT molecular complexity index is 880. The fraction of sp³-hybridized carbons (Fsp3) is 0.368. The van der Waals surface area contributed by atoms with Gasteiger partial charge in [-0.1, -0.05) is 48.9 Å². The van der Waals surface area contributed by atoms with Gasteiger partial charge in [0.1, 0.15) is 6.10 Å². The third-order valence-corrected chi connectivity index (χ3v) is 4.81. The third-order valence-electron chi connectivity index (χ3n) is 4.54.